The molecule has 0 spiro atoms. The lowest BCUT2D eigenvalue weighted by Crippen LogP contribution is -2.39. The predicted molar refractivity (Wildman–Crippen MR) is 81.9 cm³/mol. The van der Waals surface area contributed by atoms with Crippen LogP contribution in [-0.4, -0.2) is 30.3 Å². The number of esters is 1. The molecule has 1 atom stereocenters. The topological polar surface area (TPSA) is 72.5 Å². The Morgan fingerprint density at radius 3 is 2.38 bits per heavy atom. The summed E-state index contributed by atoms with van der Waals surface area (Å²) >= 11 is 3.29. The molecule has 0 aromatic heterocycles. The molecule has 5 nitrogen and oxygen atoms in total. The molecule has 1 aromatic rings. The highest BCUT2D eigenvalue weighted by Crippen LogP contribution is 2.12. The molecule has 1 rings (SSSR count). The average Bonchev–Trinajstić information content (AvgIpc) is 2.45. The van der Waals surface area contributed by atoms with Gasteiger partial charge in [-0.3, -0.25) is 9.59 Å². The normalized spacial score (nSPS) is 11.6. The Hall–Kier alpha value is -1.69. The summed E-state index contributed by atoms with van der Waals surface area (Å²) in [5, 5.41) is 2.51. The maximum Gasteiger partial charge on any atom is 0.328 e. The van der Waals surface area contributed by atoms with E-state index < -0.39 is 12.0 Å². The predicted octanol–water partition coefficient (Wildman–Crippen LogP) is 2.48. The zero-order valence-corrected chi connectivity index (χ0v) is 13.6. The van der Waals surface area contributed by atoms with Gasteiger partial charge in [-0.25, -0.2) is 4.79 Å². The maximum absolute atomic E-state index is 11.9. The third kappa shape index (κ3) is 6.08. The fraction of sp³-hybridized carbons (Fsp3) is 0.400. The summed E-state index contributed by atoms with van der Waals surface area (Å²) in [4.78, 5) is 34.9. The minimum absolute atomic E-state index is 0.0403. The number of Topliss-reactive ketones (excluding diaryl/α,β-unsaturated/α-hetero) is 1. The molecule has 0 bridgehead atoms. The highest BCUT2D eigenvalue weighted by Gasteiger charge is 2.17. The monoisotopic (exact) mass is 355 g/mol. The lowest BCUT2D eigenvalue weighted by atomic mass is 10.1. The van der Waals surface area contributed by atoms with Gasteiger partial charge in [0, 0.05) is 22.9 Å². The van der Waals surface area contributed by atoms with Gasteiger partial charge < -0.3 is 10.1 Å². The van der Waals surface area contributed by atoms with Gasteiger partial charge in [-0.05, 0) is 26.0 Å². The molecular weight excluding hydrogens is 338 g/mol. The summed E-state index contributed by atoms with van der Waals surface area (Å²) in [6.45, 7) is 3.51. The van der Waals surface area contributed by atoms with Crippen LogP contribution >= 0.6 is 15.9 Å². The van der Waals surface area contributed by atoms with E-state index >= 15 is 0 Å². The molecule has 21 heavy (non-hydrogen) atoms. The number of hydrogen-bond acceptors (Lipinski definition) is 4. The van der Waals surface area contributed by atoms with Crippen molar-refractivity contribution in [3.05, 3.63) is 34.3 Å². The molecule has 0 aliphatic heterocycles. The van der Waals surface area contributed by atoms with Gasteiger partial charge in [0.2, 0.25) is 5.91 Å². The van der Waals surface area contributed by atoms with Crippen molar-refractivity contribution in [2.75, 3.05) is 6.61 Å². The molecule has 114 valence electrons. The minimum atomic E-state index is -0.708. The molecule has 1 aromatic carbocycles. The van der Waals surface area contributed by atoms with Crippen LogP contribution in [0.4, 0.5) is 0 Å². The second kappa shape index (κ2) is 8.56. The number of amides is 1. The van der Waals surface area contributed by atoms with E-state index in [1.165, 1.54) is 0 Å². The molecular formula is C15H18BrNO4. The van der Waals surface area contributed by atoms with Crippen LogP contribution in [0.5, 0.6) is 0 Å². The highest BCUT2D eigenvalue weighted by atomic mass is 79.9. The largest absolute Gasteiger partial charge is 0.464 e. The average molecular weight is 356 g/mol. The number of nitrogens with one attached hydrogen (secondary N) is 1. The molecule has 0 radical (unpaired) electrons. The van der Waals surface area contributed by atoms with Gasteiger partial charge in [0.1, 0.15) is 6.04 Å². The number of carbonyl (C=O) groups excluding carboxylic acids is 3. The van der Waals surface area contributed by atoms with Crippen LogP contribution in [-0.2, 0) is 14.3 Å². The van der Waals surface area contributed by atoms with Crippen LogP contribution in [0.1, 0.15) is 37.0 Å². The molecule has 1 N–H and O–H groups in total. The van der Waals surface area contributed by atoms with E-state index in [1.54, 1.807) is 38.1 Å². The fourth-order valence-electron chi connectivity index (χ4n) is 1.65. The van der Waals surface area contributed by atoms with E-state index in [9.17, 15) is 14.4 Å². The third-order valence-electron chi connectivity index (χ3n) is 2.76. The van der Waals surface area contributed by atoms with Gasteiger partial charge in [0.25, 0.3) is 0 Å². The standard InChI is InChI=1S/C15H18BrNO4/c1-3-21-15(20)10(2)17-14(19)9-8-13(18)11-4-6-12(16)7-5-11/h4-7,10H,3,8-9H2,1-2H3,(H,17,19)/t10-/m1/s1. The van der Waals surface area contributed by atoms with Crippen molar-refractivity contribution in [1.29, 1.82) is 0 Å². The lowest BCUT2D eigenvalue weighted by molar-refractivity contribution is -0.146. The molecule has 0 unspecified atom stereocenters. The maximum atomic E-state index is 11.9. The summed E-state index contributed by atoms with van der Waals surface area (Å²) in [5.41, 5.74) is 0.560. The van der Waals surface area contributed by atoms with Crippen molar-refractivity contribution in [1.82, 2.24) is 5.32 Å². The quantitative estimate of drug-likeness (QED) is 0.602. The van der Waals surface area contributed by atoms with Crippen LogP contribution < -0.4 is 5.32 Å². The lowest BCUT2D eigenvalue weighted by Gasteiger charge is -2.12. The molecule has 6 heteroatoms. The SMILES string of the molecule is CCOC(=O)[C@@H](C)NC(=O)CCC(=O)c1ccc(Br)cc1. The first kappa shape index (κ1) is 17.4. The number of benzene rings is 1. The van der Waals surface area contributed by atoms with E-state index in [2.05, 4.69) is 21.2 Å². The minimum Gasteiger partial charge on any atom is -0.464 e. The summed E-state index contributed by atoms with van der Waals surface area (Å²) in [6.07, 6.45) is 0.141. The van der Waals surface area contributed by atoms with Gasteiger partial charge in [0.05, 0.1) is 6.61 Å². The number of halogens is 1. The number of rotatable bonds is 7. The second-order valence-electron chi connectivity index (χ2n) is 4.47. The number of ether oxygens (including phenoxy) is 1. The van der Waals surface area contributed by atoms with Crippen molar-refractivity contribution >= 4 is 33.6 Å². The number of carbonyl (C=O) groups is 3. The van der Waals surface area contributed by atoms with Crippen LogP contribution in [0.25, 0.3) is 0 Å². The van der Waals surface area contributed by atoms with Gasteiger partial charge in [-0.2, -0.15) is 0 Å². The zero-order chi connectivity index (χ0) is 15.8. The van der Waals surface area contributed by atoms with E-state index in [0.29, 0.717) is 5.56 Å². The zero-order valence-electron chi connectivity index (χ0n) is 12.0. The van der Waals surface area contributed by atoms with Crippen LogP contribution in [0.15, 0.2) is 28.7 Å². The molecule has 0 saturated carbocycles. The van der Waals surface area contributed by atoms with Crippen molar-refractivity contribution in [2.24, 2.45) is 0 Å². The van der Waals surface area contributed by atoms with Gasteiger partial charge >= 0.3 is 5.97 Å². The first-order valence-corrected chi connectivity index (χ1v) is 7.48. The number of ketones is 1. The highest BCUT2D eigenvalue weighted by molar-refractivity contribution is 9.10. The van der Waals surface area contributed by atoms with Gasteiger partial charge in [-0.15, -0.1) is 0 Å². The first-order valence-electron chi connectivity index (χ1n) is 6.68. The molecule has 0 saturated heterocycles. The first-order chi connectivity index (χ1) is 9.93. The Kier molecular flexibility index (Phi) is 7.08. The Bertz CT molecular complexity index is 513. The van der Waals surface area contributed by atoms with E-state index in [1.807, 2.05) is 0 Å². The molecule has 0 aliphatic rings. The van der Waals surface area contributed by atoms with E-state index in [-0.39, 0.29) is 31.1 Å². The van der Waals surface area contributed by atoms with Crippen molar-refractivity contribution in [3.8, 4) is 0 Å². The Morgan fingerprint density at radius 1 is 1.19 bits per heavy atom. The second-order valence-corrected chi connectivity index (χ2v) is 5.39. The smallest absolute Gasteiger partial charge is 0.328 e. The summed E-state index contributed by atoms with van der Waals surface area (Å²) < 4.78 is 5.67. The Labute approximate surface area is 132 Å². The van der Waals surface area contributed by atoms with Crippen molar-refractivity contribution < 1.29 is 19.1 Å². The van der Waals surface area contributed by atoms with Crippen LogP contribution in [0.3, 0.4) is 0 Å². The van der Waals surface area contributed by atoms with E-state index in [0.717, 1.165) is 4.47 Å². The molecule has 1 amide bonds. The summed E-state index contributed by atoms with van der Waals surface area (Å²) in [6, 6.07) is 6.24. The molecule has 0 aliphatic carbocycles. The fourth-order valence-corrected chi connectivity index (χ4v) is 1.91. The van der Waals surface area contributed by atoms with Gasteiger partial charge in [-0.1, -0.05) is 28.1 Å². The summed E-state index contributed by atoms with van der Waals surface area (Å²) in [7, 11) is 0. The van der Waals surface area contributed by atoms with Crippen molar-refractivity contribution in [3.63, 3.8) is 0 Å². The number of hydrogen-bond donors (Lipinski definition) is 1. The Balaban J connectivity index is 2.40. The third-order valence-corrected chi connectivity index (χ3v) is 3.29. The Morgan fingerprint density at radius 2 is 1.81 bits per heavy atom. The van der Waals surface area contributed by atoms with Gasteiger partial charge in [0.15, 0.2) is 5.78 Å². The van der Waals surface area contributed by atoms with E-state index in [4.69, 9.17) is 4.74 Å². The summed E-state index contributed by atoms with van der Waals surface area (Å²) in [5.74, 6) is -0.937. The van der Waals surface area contributed by atoms with Crippen molar-refractivity contribution in [2.45, 2.75) is 32.7 Å². The van der Waals surface area contributed by atoms with Crippen LogP contribution in [0.2, 0.25) is 0 Å². The van der Waals surface area contributed by atoms with Crippen LogP contribution in [0, 0.1) is 0 Å². The molecule has 0 fully saturated rings. The molecule has 0 heterocycles.